The molecule has 0 aliphatic rings. The van der Waals surface area contributed by atoms with Gasteiger partial charge in [-0.05, 0) is 29.8 Å². The second-order valence-electron chi connectivity index (χ2n) is 4.19. The van der Waals surface area contributed by atoms with E-state index in [0.29, 0.717) is 17.7 Å². The van der Waals surface area contributed by atoms with Crippen LogP contribution in [0.3, 0.4) is 0 Å². The molecule has 0 bridgehead atoms. The molecule has 92 valence electrons. The van der Waals surface area contributed by atoms with Crippen molar-refractivity contribution in [2.24, 2.45) is 0 Å². The molecule has 0 radical (unpaired) electrons. The highest BCUT2D eigenvalue weighted by Gasteiger charge is 2.04. The van der Waals surface area contributed by atoms with Crippen LogP contribution in [0.4, 0.5) is 5.82 Å². The van der Waals surface area contributed by atoms with Gasteiger partial charge in [0.2, 0.25) is 0 Å². The summed E-state index contributed by atoms with van der Waals surface area (Å²) in [5.41, 5.74) is 2.25. The summed E-state index contributed by atoms with van der Waals surface area (Å²) >= 11 is 0. The maximum atomic E-state index is 8.86. The summed E-state index contributed by atoms with van der Waals surface area (Å²) < 4.78 is 0. The smallest absolute Gasteiger partial charge is 0.128 e. The van der Waals surface area contributed by atoms with E-state index in [1.165, 1.54) is 0 Å². The minimum Gasteiger partial charge on any atom is -0.355 e. The molecule has 2 aromatic rings. The van der Waals surface area contributed by atoms with E-state index in [9.17, 15) is 0 Å². The van der Waals surface area contributed by atoms with Crippen LogP contribution in [0.15, 0.2) is 42.6 Å². The van der Waals surface area contributed by atoms with Crippen molar-refractivity contribution in [2.45, 2.75) is 6.54 Å². The molecule has 0 N–H and O–H groups in total. The summed E-state index contributed by atoms with van der Waals surface area (Å²) in [6.45, 7) is 0.661. The zero-order valence-electron chi connectivity index (χ0n) is 10.5. The lowest BCUT2D eigenvalue weighted by atomic mass is 10.1. The Hall–Kier alpha value is -2.85. The highest BCUT2D eigenvalue weighted by atomic mass is 15.2. The van der Waals surface area contributed by atoms with Gasteiger partial charge in [0, 0.05) is 19.8 Å². The Morgan fingerprint density at radius 2 is 1.89 bits per heavy atom. The summed E-state index contributed by atoms with van der Waals surface area (Å²) in [7, 11) is 1.92. The van der Waals surface area contributed by atoms with Gasteiger partial charge in [0.05, 0.1) is 17.2 Å². The van der Waals surface area contributed by atoms with Crippen molar-refractivity contribution in [3.63, 3.8) is 0 Å². The number of hydrogen-bond acceptors (Lipinski definition) is 4. The van der Waals surface area contributed by atoms with Gasteiger partial charge in [-0.1, -0.05) is 12.1 Å². The minimum absolute atomic E-state index is 0.545. The van der Waals surface area contributed by atoms with Gasteiger partial charge in [-0.15, -0.1) is 0 Å². The van der Waals surface area contributed by atoms with Crippen molar-refractivity contribution < 1.29 is 0 Å². The Labute approximate surface area is 112 Å². The first-order chi connectivity index (χ1) is 9.22. The van der Waals surface area contributed by atoms with Crippen LogP contribution < -0.4 is 4.90 Å². The first-order valence-electron chi connectivity index (χ1n) is 5.79. The fourth-order valence-corrected chi connectivity index (χ4v) is 1.77. The Morgan fingerprint density at radius 3 is 2.53 bits per heavy atom. The van der Waals surface area contributed by atoms with E-state index in [-0.39, 0.29) is 0 Å². The average Bonchev–Trinajstić information content (AvgIpc) is 2.47. The van der Waals surface area contributed by atoms with E-state index >= 15 is 0 Å². The van der Waals surface area contributed by atoms with Crippen LogP contribution in [0.1, 0.15) is 16.7 Å². The molecule has 0 unspecified atom stereocenters. The molecular formula is C15H12N4. The fourth-order valence-electron chi connectivity index (χ4n) is 1.77. The molecular weight excluding hydrogens is 236 g/mol. The van der Waals surface area contributed by atoms with Gasteiger partial charge in [0.25, 0.3) is 0 Å². The summed E-state index contributed by atoms with van der Waals surface area (Å²) in [5.74, 6) is 0.793. The third-order valence-corrected chi connectivity index (χ3v) is 2.74. The highest BCUT2D eigenvalue weighted by molar-refractivity contribution is 5.42. The molecule has 0 aliphatic heterocycles. The molecule has 0 fully saturated rings. The summed E-state index contributed by atoms with van der Waals surface area (Å²) in [5, 5.41) is 17.6. The van der Waals surface area contributed by atoms with Crippen LogP contribution in [-0.2, 0) is 6.54 Å². The zero-order valence-corrected chi connectivity index (χ0v) is 10.5. The Balaban J connectivity index is 2.14. The fraction of sp³-hybridized carbons (Fsp3) is 0.133. The number of nitrogens with zero attached hydrogens (tertiary/aromatic N) is 4. The van der Waals surface area contributed by atoms with Gasteiger partial charge < -0.3 is 4.90 Å². The van der Waals surface area contributed by atoms with Gasteiger partial charge in [0.1, 0.15) is 11.9 Å². The quantitative estimate of drug-likeness (QED) is 0.837. The average molecular weight is 248 g/mol. The lowest BCUT2D eigenvalue weighted by Crippen LogP contribution is -2.17. The molecule has 0 saturated carbocycles. The second kappa shape index (κ2) is 5.66. The van der Waals surface area contributed by atoms with Crippen molar-refractivity contribution in [2.75, 3.05) is 11.9 Å². The predicted molar refractivity (Wildman–Crippen MR) is 72.2 cm³/mol. The molecule has 4 heteroatoms. The number of aromatic nitrogens is 1. The van der Waals surface area contributed by atoms with Crippen molar-refractivity contribution in [1.29, 1.82) is 10.5 Å². The molecule has 0 atom stereocenters. The molecule has 1 heterocycles. The van der Waals surface area contributed by atoms with Gasteiger partial charge in [0.15, 0.2) is 0 Å². The summed E-state index contributed by atoms with van der Waals surface area (Å²) in [6.07, 6.45) is 1.55. The molecule has 0 spiro atoms. The van der Waals surface area contributed by atoms with Crippen LogP contribution in [0, 0.1) is 22.7 Å². The predicted octanol–water partition coefficient (Wildman–Crippen LogP) is 2.46. The molecule has 0 aliphatic carbocycles. The van der Waals surface area contributed by atoms with E-state index in [1.807, 2.05) is 42.3 Å². The Morgan fingerprint density at radius 1 is 1.11 bits per heavy atom. The van der Waals surface area contributed by atoms with E-state index < -0.39 is 0 Å². The normalized spacial score (nSPS) is 9.42. The summed E-state index contributed by atoms with van der Waals surface area (Å²) in [4.78, 5) is 6.20. The van der Waals surface area contributed by atoms with Crippen LogP contribution in [0.5, 0.6) is 0 Å². The number of rotatable bonds is 3. The molecule has 4 nitrogen and oxygen atoms in total. The monoisotopic (exact) mass is 248 g/mol. The molecule has 2 rings (SSSR count). The molecule has 19 heavy (non-hydrogen) atoms. The molecule has 1 aromatic heterocycles. The van der Waals surface area contributed by atoms with Crippen LogP contribution in [0.25, 0.3) is 0 Å². The lowest BCUT2D eigenvalue weighted by Gasteiger charge is -2.18. The Bertz CT molecular complexity index is 647. The van der Waals surface area contributed by atoms with Crippen molar-refractivity contribution in [1.82, 2.24) is 4.98 Å². The zero-order chi connectivity index (χ0) is 13.7. The SMILES string of the molecule is CN(Cc1cccc(C#N)c1)c1ccc(C#N)cn1. The molecule has 1 aromatic carbocycles. The topological polar surface area (TPSA) is 63.7 Å². The van der Waals surface area contributed by atoms with E-state index in [0.717, 1.165) is 11.4 Å². The summed E-state index contributed by atoms with van der Waals surface area (Å²) in [6, 6.07) is 15.2. The van der Waals surface area contributed by atoms with Crippen LogP contribution >= 0.6 is 0 Å². The van der Waals surface area contributed by atoms with Crippen LogP contribution in [0.2, 0.25) is 0 Å². The second-order valence-corrected chi connectivity index (χ2v) is 4.19. The highest BCUT2D eigenvalue weighted by Crippen LogP contribution is 2.13. The largest absolute Gasteiger partial charge is 0.355 e. The number of benzene rings is 1. The number of anilines is 1. The van der Waals surface area contributed by atoms with E-state index in [2.05, 4.69) is 11.1 Å². The first kappa shape index (κ1) is 12.6. The third-order valence-electron chi connectivity index (χ3n) is 2.74. The number of hydrogen-bond donors (Lipinski definition) is 0. The Kier molecular flexibility index (Phi) is 3.75. The maximum absolute atomic E-state index is 8.86. The van der Waals surface area contributed by atoms with E-state index in [4.69, 9.17) is 10.5 Å². The minimum atomic E-state index is 0.545. The molecule has 0 saturated heterocycles. The van der Waals surface area contributed by atoms with Crippen molar-refractivity contribution in [3.8, 4) is 12.1 Å². The van der Waals surface area contributed by atoms with E-state index in [1.54, 1.807) is 18.3 Å². The molecule has 0 amide bonds. The lowest BCUT2D eigenvalue weighted by molar-refractivity contribution is 0.897. The number of nitriles is 2. The van der Waals surface area contributed by atoms with Crippen LogP contribution in [-0.4, -0.2) is 12.0 Å². The van der Waals surface area contributed by atoms with Gasteiger partial charge in [-0.2, -0.15) is 10.5 Å². The first-order valence-corrected chi connectivity index (χ1v) is 5.79. The standard InChI is InChI=1S/C15H12N4/c1-19(15-6-5-14(9-17)10-18-15)11-13-4-2-3-12(7-13)8-16/h2-7,10H,11H2,1H3. The maximum Gasteiger partial charge on any atom is 0.128 e. The van der Waals surface area contributed by atoms with Gasteiger partial charge in [-0.25, -0.2) is 4.98 Å². The van der Waals surface area contributed by atoms with Crippen molar-refractivity contribution in [3.05, 3.63) is 59.3 Å². The van der Waals surface area contributed by atoms with Crippen molar-refractivity contribution >= 4 is 5.82 Å². The van der Waals surface area contributed by atoms with Gasteiger partial charge >= 0.3 is 0 Å². The van der Waals surface area contributed by atoms with Gasteiger partial charge in [-0.3, -0.25) is 0 Å². The third kappa shape index (κ3) is 3.08. The number of pyridine rings is 1.